The van der Waals surface area contributed by atoms with Gasteiger partial charge in [0, 0.05) is 73.7 Å². The van der Waals surface area contributed by atoms with Crippen molar-refractivity contribution in [1.29, 1.82) is 0 Å². The number of allylic oxidation sites excluding steroid dienone is 1. The molecule has 21 unspecified atom stereocenters. The van der Waals surface area contributed by atoms with Gasteiger partial charge in [-0.2, -0.15) is 0 Å². The minimum absolute atomic E-state index is 0.0347. The van der Waals surface area contributed by atoms with Crippen LogP contribution in [0.25, 0.3) is 0 Å². The first-order valence-electron chi connectivity index (χ1n) is 27.4. The minimum Gasteiger partial charge on any atom is -0.461 e. The van der Waals surface area contributed by atoms with Crippen molar-refractivity contribution < 1.29 is 24.1 Å². The molecule has 6 rings (SSSR count). The highest BCUT2D eigenvalue weighted by atomic mass is 16.7. The van der Waals surface area contributed by atoms with Crippen molar-refractivity contribution >= 4 is 5.97 Å². The monoisotopic (exact) mass is 909 g/mol. The number of carbonyl (C=O) groups is 1. The molecule has 6 fully saturated rings. The van der Waals surface area contributed by atoms with Crippen LogP contribution >= 0.6 is 0 Å². The maximum absolute atomic E-state index is 13.6. The van der Waals surface area contributed by atoms with Crippen molar-refractivity contribution in [2.45, 2.75) is 220 Å². The zero-order chi connectivity index (χ0) is 46.9. The van der Waals surface area contributed by atoms with Crippen LogP contribution in [0.2, 0.25) is 0 Å². The zero-order valence-corrected chi connectivity index (χ0v) is 43.4. The van der Waals surface area contributed by atoms with E-state index in [1.807, 2.05) is 0 Å². The molecule has 5 N–H and O–H groups in total. The van der Waals surface area contributed by atoms with Crippen molar-refractivity contribution in [1.82, 2.24) is 21.3 Å². The van der Waals surface area contributed by atoms with Gasteiger partial charge < -0.3 is 40.6 Å². The SMILES string of the molecule is C=CC1C2CC3NC(CC4NC5C(C4C)C(O)C(COCOC)C5C4NC(CC(N2)C1C)C(C)C4CCC(=O)OCC=C(C)CCCC(C)CCCC(C)CCCC(C)C)C(CC)C3C. The van der Waals surface area contributed by atoms with E-state index in [2.05, 4.69) is 109 Å². The Morgan fingerprint density at radius 3 is 1.97 bits per heavy atom. The van der Waals surface area contributed by atoms with Crippen LogP contribution in [0.15, 0.2) is 24.3 Å². The molecular weight excluding hydrogens is 809 g/mol. The lowest BCUT2D eigenvalue weighted by molar-refractivity contribution is -0.142. The predicted octanol–water partition coefficient (Wildman–Crippen LogP) is 10.1. The summed E-state index contributed by atoms with van der Waals surface area (Å²) in [6.07, 6.45) is 21.2. The number of aliphatic hydroxyl groups excluding tert-OH is 1. The number of rotatable bonds is 23. The molecule has 5 aliphatic heterocycles. The summed E-state index contributed by atoms with van der Waals surface area (Å²) >= 11 is 0. The van der Waals surface area contributed by atoms with Gasteiger partial charge >= 0.3 is 5.97 Å². The lowest BCUT2D eigenvalue weighted by Gasteiger charge is -2.36. The number of esters is 1. The van der Waals surface area contributed by atoms with Crippen LogP contribution < -0.4 is 21.3 Å². The Bertz CT molecular complexity index is 1490. The van der Waals surface area contributed by atoms with Gasteiger partial charge in [0.1, 0.15) is 13.4 Å². The topological polar surface area (TPSA) is 113 Å². The van der Waals surface area contributed by atoms with E-state index >= 15 is 0 Å². The molecule has 5 heterocycles. The molecule has 9 heteroatoms. The molecule has 0 spiro atoms. The fourth-order valence-corrected chi connectivity index (χ4v) is 15.0. The molecule has 65 heavy (non-hydrogen) atoms. The lowest BCUT2D eigenvalue weighted by atomic mass is 9.75. The van der Waals surface area contributed by atoms with Crippen LogP contribution in [0.4, 0.5) is 0 Å². The molecule has 21 atom stereocenters. The third-order valence-electron chi connectivity index (χ3n) is 19.1. The Morgan fingerprint density at radius 1 is 0.708 bits per heavy atom. The van der Waals surface area contributed by atoms with Gasteiger partial charge in [-0.05, 0) is 117 Å². The molecule has 0 radical (unpaired) electrons. The van der Waals surface area contributed by atoms with E-state index in [0.717, 1.165) is 49.9 Å². The highest BCUT2D eigenvalue weighted by Crippen LogP contribution is 2.53. The Labute approximate surface area is 398 Å². The average Bonchev–Trinajstić information content (AvgIpc) is 4.00. The average molecular weight is 909 g/mol. The number of methoxy groups -OCH3 is 1. The molecule has 1 aliphatic carbocycles. The van der Waals surface area contributed by atoms with Crippen LogP contribution in [0, 0.1) is 76.9 Å². The second-order valence-corrected chi connectivity index (χ2v) is 23.8. The Balaban J connectivity index is 1.10. The normalized spacial score (nSPS) is 41.3. The highest BCUT2D eigenvalue weighted by molar-refractivity contribution is 5.69. The second-order valence-electron chi connectivity index (χ2n) is 23.8. The first-order chi connectivity index (χ1) is 31.2. The summed E-state index contributed by atoms with van der Waals surface area (Å²) in [5.74, 6) is 5.72. The third kappa shape index (κ3) is 13.1. The van der Waals surface area contributed by atoms with Crippen LogP contribution in [0.1, 0.15) is 166 Å². The van der Waals surface area contributed by atoms with Crippen molar-refractivity contribution in [2.24, 2.45) is 76.9 Å². The van der Waals surface area contributed by atoms with E-state index in [4.69, 9.17) is 14.2 Å². The largest absolute Gasteiger partial charge is 0.461 e. The number of nitrogens with one attached hydrogen (secondary N) is 4. The third-order valence-corrected chi connectivity index (χ3v) is 19.1. The Kier molecular flexibility index (Phi) is 20.4. The van der Waals surface area contributed by atoms with E-state index in [-0.39, 0.29) is 48.5 Å². The van der Waals surface area contributed by atoms with Crippen LogP contribution in [-0.2, 0) is 19.0 Å². The van der Waals surface area contributed by atoms with Gasteiger partial charge in [-0.25, -0.2) is 0 Å². The predicted molar refractivity (Wildman–Crippen MR) is 267 cm³/mol. The summed E-state index contributed by atoms with van der Waals surface area (Å²) < 4.78 is 17.5. The van der Waals surface area contributed by atoms with Crippen molar-refractivity contribution in [3.8, 4) is 0 Å². The fraction of sp³-hybridized carbons (Fsp3) is 0.911. The number of hydrogen-bond donors (Lipinski definition) is 5. The molecule has 6 aliphatic rings. The molecule has 374 valence electrons. The maximum Gasteiger partial charge on any atom is 0.306 e. The summed E-state index contributed by atoms with van der Waals surface area (Å²) in [5.41, 5.74) is 1.32. The molecule has 0 amide bonds. The molecule has 8 bridgehead atoms. The molecule has 5 saturated heterocycles. The first-order valence-corrected chi connectivity index (χ1v) is 27.4. The van der Waals surface area contributed by atoms with Crippen molar-refractivity contribution in [3.05, 3.63) is 24.3 Å². The molecule has 0 aromatic heterocycles. The summed E-state index contributed by atoms with van der Waals surface area (Å²) in [6.45, 7) is 29.3. The number of fused-ring (bicyclic) bond motifs is 8. The van der Waals surface area contributed by atoms with Gasteiger partial charge in [0.25, 0.3) is 0 Å². The molecule has 9 nitrogen and oxygen atoms in total. The van der Waals surface area contributed by atoms with Gasteiger partial charge in [-0.15, -0.1) is 6.58 Å². The van der Waals surface area contributed by atoms with Crippen LogP contribution in [0.3, 0.4) is 0 Å². The highest BCUT2D eigenvalue weighted by Gasteiger charge is 2.62. The summed E-state index contributed by atoms with van der Waals surface area (Å²) in [4.78, 5) is 13.6. The fourth-order valence-electron chi connectivity index (χ4n) is 15.0. The van der Waals surface area contributed by atoms with Gasteiger partial charge in [0.2, 0.25) is 0 Å². The van der Waals surface area contributed by atoms with Crippen LogP contribution in [0.5, 0.6) is 0 Å². The minimum atomic E-state index is -0.470. The summed E-state index contributed by atoms with van der Waals surface area (Å²) in [6, 6.07) is 2.64. The van der Waals surface area contributed by atoms with E-state index in [0.29, 0.717) is 91.4 Å². The van der Waals surface area contributed by atoms with Crippen LogP contribution in [-0.4, -0.2) is 92.6 Å². The van der Waals surface area contributed by atoms with Crippen molar-refractivity contribution in [2.75, 3.05) is 27.1 Å². The number of ether oxygens (including phenoxy) is 3. The summed E-state index contributed by atoms with van der Waals surface area (Å²) in [5, 5.41) is 29.3. The summed E-state index contributed by atoms with van der Waals surface area (Å²) in [7, 11) is 1.67. The lowest BCUT2D eigenvalue weighted by Crippen LogP contribution is -2.51. The Hall–Kier alpha value is -1.33. The molecule has 1 saturated carbocycles. The van der Waals surface area contributed by atoms with E-state index < -0.39 is 6.10 Å². The van der Waals surface area contributed by atoms with Gasteiger partial charge in [0.15, 0.2) is 0 Å². The van der Waals surface area contributed by atoms with Gasteiger partial charge in [-0.3, -0.25) is 4.79 Å². The van der Waals surface area contributed by atoms with E-state index in [1.165, 1.54) is 63.4 Å². The zero-order valence-electron chi connectivity index (χ0n) is 43.4. The quantitative estimate of drug-likeness (QED) is 0.0296. The van der Waals surface area contributed by atoms with Crippen molar-refractivity contribution in [3.63, 3.8) is 0 Å². The number of aliphatic hydroxyl groups is 1. The number of hydrogen-bond acceptors (Lipinski definition) is 9. The Morgan fingerprint density at radius 2 is 1.29 bits per heavy atom. The second kappa shape index (κ2) is 25.0. The molecule has 0 aromatic rings. The first kappa shape index (κ1) is 53.0. The number of carbonyl (C=O) groups excluding carboxylic acids is 1. The molecular formula is C56H100N4O5. The molecule has 0 aromatic carbocycles. The van der Waals surface area contributed by atoms with Gasteiger partial charge in [-0.1, -0.05) is 125 Å². The standard InChI is InChI=1S/C56H100N4O5/c1-13-41-37(8)45-28-47-39(10)43(24-25-51(61)65-27-26-36(7)23-17-22-35(6)21-16-20-34(5)19-15-18-33(3)4)54(59-47)53-44(31-64-32-63-12)56(62)52-40(11)48(60-55(52)53)30-50-42(14-2)38(9)46(58-50)29-49(41)57-45/h13,26,33-35,37-50,52-60,62H,1,14-25,27-32H2,2-12H3. The van der Waals surface area contributed by atoms with E-state index in [1.54, 1.807) is 7.11 Å². The van der Waals surface area contributed by atoms with Gasteiger partial charge in [0.05, 0.1) is 12.7 Å². The van der Waals surface area contributed by atoms with E-state index in [9.17, 15) is 9.90 Å². The maximum atomic E-state index is 13.6. The smallest absolute Gasteiger partial charge is 0.306 e.